The number of nitrogens with zero attached hydrogens (tertiary/aromatic N) is 2. The molecule has 3 aromatic rings. The van der Waals surface area contributed by atoms with E-state index in [2.05, 4.69) is 26.2 Å². The maximum atomic E-state index is 12.7. The third-order valence-corrected chi connectivity index (χ3v) is 7.08. The number of halogens is 1. The molecule has 1 aliphatic rings. The average Bonchev–Trinajstić information content (AvgIpc) is 3.14. The number of nitro groups is 1. The van der Waals surface area contributed by atoms with Crippen LogP contribution in [0.15, 0.2) is 92.1 Å². The highest BCUT2D eigenvalue weighted by Crippen LogP contribution is 2.33. The first-order chi connectivity index (χ1) is 16.2. The predicted molar refractivity (Wildman–Crippen MR) is 132 cm³/mol. The summed E-state index contributed by atoms with van der Waals surface area (Å²) in [6.07, 6.45) is 1.50. The lowest BCUT2D eigenvalue weighted by atomic mass is 10.2. The lowest BCUT2D eigenvalue weighted by Gasteiger charge is -2.10. The second-order valence-corrected chi connectivity index (χ2v) is 10.3. The van der Waals surface area contributed by atoms with Gasteiger partial charge in [-0.3, -0.25) is 14.9 Å². The number of carbonyl (C=O) groups is 1. The summed E-state index contributed by atoms with van der Waals surface area (Å²) in [5.41, 5.74) is 0.760. The molecule has 0 unspecified atom stereocenters. The summed E-state index contributed by atoms with van der Waals surface area (Å²) in [6.45, 7) is 0. The van der Waals surface area contributed by atoms with Crippen LogP contribution in [-0.4, -0.2) is 24.4 Å². The van der Waals surface area contributed by atoms with Crippen molar-refractivity contribution in [1.29, 1.82) is 0 Å². The van der Waals surface area contributed by atoms with Crippen LogP contribution >= 0.6 is 27.7 Å². The van der Waals surface area contributed by atoms with E-state index in [4.69, 9.17) is 4.18 Å². The summed E-state index contributed by atoms with van der Waals surface area (Å²) in [4.78, 5) is 27.1. The molecular weight excluding hydrogens is 546 g/mol. The Morgan fingerprint density at radius 3 is 2.44 bits per heavy atom. The van der Waals surface area contributed by atoms with Crippen molar-refractivity contribution in [2.24, 2.45) is 4.99 Å². The van der Waals surface area contributed by atoms with Gasteiger partial charge in [-0.2, -0.15) is 8.42 Å². The van der Waals surface area contributed by atoms with Gasteiger partial charge in [0.2, 0.25) is 0 Å². The van der Waals surface area contributed by atoms with Crippen molar-refractivity contribution in [3.8, 4) is 5.75 Å². The van der Waals surface area contributed by atoms with Gasteiger partial charge in [0, 0.05) is 22.2 Å². The molecule has 1 amide bonds. The van der Waals surface area contributed by atoms with Crippen LogP contribution in [0.5, 0.6) is 5.75 Å². The van der Waals surface area contributed by atoms with Crippen molar-refractivity contribution >= 4 is 66.3 Å². The molecule has 1 aliphatic heterocycles. The summed E-state index contributed by atoms with van der Waals surface area (Å²) < 4.78 is 31.4. The van der Waals surface area contributed by atoms with E-state index in [1.165, 1.54) is 12.1 Å². The van der Waals surface area contributed by atoms with E-state index < -0.39 is 15.0 Å². The second-order valence-electron chi connectivity index (χ2n) is 6.79. The fourth-order valence-corrected chi connectivity index (χ4v) is 5.02. The zero-order valence-corrected chi connectivity index (χ0v) is 20.3. The van der Waals surface area contributed by atoms with E-state index in [1.54, 1.807) is 24.3 Å². The number of aliphatic imine (C=N–C) groups is 1. The zero-order chi connectivity index (χ0) is 24.3. The number of nitrogens with one attached hydrogen (secondary N) is 1. The quantitative estimate of drug-likeness (QED) is 0.194. The molecule has 0 radical (unpaired) electrons. The molecule has 3 aromatic carbocycles. The minimum Gasteiger partial charge on any atom is -0.378 e. The molecule has 0 aliphatic carbocycles. The molecule has 0 aromatic heterocycles. The molecule has 1 saturated heterocycles. The molecule has 4 rings (SSSR count). The fraction of sp³-hybridized carbons (Fsp3) is 0. The Morgan fingerprint density at radius 1 is 1.06 bits per heavy atom. The van der Waals surface area contributed by atoms with Crippen LogP contribution in [0.4, 0.5) is 11.4 Å². The number of hydrogen-bond donors (Lipinski definition) is 1. The van der Waals surface area contributed by atoms with Gasteiger partial charge < -0.3 is 9.50 Å². The van der Waals surface area contributed by atoms with E-state index in [1.807, 2.05) is 18.2 Å². The number of thioether (sulfide) groups is 1. The summed E-state index contributed by atoms with van der Waals surface area (Å²) in [6, 6.07) is 18.1. The summed E-state index contributed by atoms with van der Waals surface area (Å²) in [5.74, 6) is -0.403. The number of carbonyl (C=O) groups excluding carboxylic acids is 1. The smallest absolute Gasteiger partial charge is 0.339 e. The summed E-state index contributed by atoms with van der Waals surface area (Å²) >= 11 is 4.44. The van der Waals surface area contributed by atoms with Crippen LogP contribution in [0.25, 0.3) is 6.08 Å². The molecule has 0 atom stereocenters. The Morgan fingerprint density at radius 2 is 1.76 bits per heavy atom. The third-order valence-electron chi connectivity index (χ3n) is 4.43. The molecule has 0 saturated carbocycles. The topological polar surface area (TPSA) is 128 Å². The SMILES string of the molecule is O=C1NC(=Nc2ccccc2)S/C1=C\c1cc(Br)ccc1OS(=O)(=O)c1ccc([N+](=O)[O-])cc1. The van der Waals surface area contributed by atoms with Gasteiger partial charge in [-0.05, 0) is 60.3 Å². The third kappa shape index (κ3) is 5.53. The second kappa shape index (κ2) is 9.79. The number of amidine groups is 1. The van der Waals surface area contributed by atoms with Gasteiger partial charge in [0.1, 0.15) is 10.6 Å². The largest absolute Gasteiger partial charge is 0.378 e. The van der Waals surface area contributed by atoms with Gasteiger partial charge in [-0.1, -0.05) is 34.1 Å². The molecule has 9 nitrogen and oxygen atoms in total. The Balaban J connectivity index is 1.62. The van der Waals surface area contributed by atoms with E-state index >= 15 is 0 Å². The average molecular weight is 560 g/mol. The fourth-order valence-electron chi connectivity index (χ4n) is 2.85. The van der Waals surface area contributed by atoms with Crippen LogP contribution < -0.4 is 9.50 Å². The van der Waals surface area contributed by atoms with Crippen molar-refractivity contribution in [3.63, 3.8) is 0 Å². The van der Waals surface area contributed by atoms with Crippen molar-refractivity contribution in [2.45, 2.75) is 4.90 Å². The summed E-state index contributed by atoms with van der Waals surface area (Å²) in [7, 11) is -4.29. The van der Waals surface area contributed by atoms with Crippen molar-refractivity contribution < 1.29 is 22.3 Å². The molecule has 34 heavy (non-hydrogen) atoms. The van der Waals surface area contributed by atoms with Crippen LogP contribution in [0, 0.1) is 10.1 Å². The number of nitro benzene ring substituents is 1. The van der Waals surface area contributed by atoms with E-state index in [9.17, 15) is 23.3 Å². The summed E-state index contributed by atoms with van der Waals surface area (Å²) in [5, 5.41) is 13.9. The van der Waals surface area contributed by atoms with Gasteiger partial charge in [0.05, 0.1) is 15.5 Å². The highest BCUT2D eigenvalue weighted by atomic mass is 79.9. The van der Waals surface area contributed by atoms with E-state index in [0.717, 1.165) is 36.0 Å². The van der Waals surface area contributed by atoms with Gasteiger partial charge >= 0.3 is 10.1 Å². The molecule has 1 fully saturated rings. The first-order valence-electron chi connectivity index (χ1n) is 9.54. The molecule has 172 valence electrons. The number of rotatable bonds is 6. The normalized spacial score (nSPS) is 16.0. The number of amides is 1. The van der Waals surface area contributed by atoms with Gasteiger partial charge in [-0.15, -0.1) is 0 Å². The number of non-ortho nitro benzene ring substituents is 1. The Labute approximate surface area is 207 Å². The van der Waals surface area contributed by atoms with Crippen molar-refractivity contribution in [2.75, 3.05) is 0 Å². The monoisotopic (exact) mass is 559 g/mol. The lowest BCUT2D eigenvalue weighted by Crippen LogP contribution is -2.19. The minimum atomic E-state index is -4.29. The van der Waals surface area contributed by atoms with Gasteiger partial charge in [-0.25, -0.2) is 4.99 Å². The first-order valence-corrected chi connectivity index (χ1v) is 12.6. The van der Waals surface area contributed by atoms with Crippen LogP contribution in [0.2, 0.25) is 0 Å². The van der Waals surface area contributed by atoms with Crippen LogP contribution in [0.3, 0.4) is 0 Å². The molecular formula is C22H14BrN3O6S2. The lowest BCUT2D eigenvalue weighted by molar-refractivity contribution is -0.384. The molecule has 1 heterocycles. The maximum absolute atomic E-state index is 12.7. The maximum Gasteiger partial charge on any atom is 0.339 e. The van der Waals surface area contributed by atoms with Gasteiger partial charge in [0.15, 0.2) is 5.17 Å². The molecule has 0 bridgehead atoms. The number of benzene rings is 3. The van der Waals surface area contributed by atoms with Crippen LogP contribution in [-0.2, 0) is 14.9 Å². The Hall–Kier alpha value is -3.48. The van der Waals surface area contributed by atoms with Gasteiger partial charge in [0.25, 0.3) is 11.6 Å². The molecule has 0 spiro atoms. The standard InChI is InChI=1S/C22H14BrN3O6S2/c23-15-6-11-19(32-34(30,31)18-9-7-17(8-10-18)26(28)29)14(12-15)13-20-21(27)25-22(33-20)24-16-4-2-1-3-5-16/h1-13H,(H,24,25,27)/b20-13-. The number of para-hydroxylation sites is 1. The Kier molecular flexibility index (Phi) is 6.82. The number of hydrogen-bond acceptors (Lipinski definition) is 8. The first kappa shape index (κ1) is 23.7. The molecule has 1 N–H and O–H groups in total. The predicted octanol–water partition coefficient (Wildman–Crippen LogP) is 5.02. The zero-order valence-electron chi connectivity index (χ0n) is 17.0. The van der Waals surface area contributed by atoms with Crippen LogP contribution in [0.1, 0.15) is 5.56 Å². The highest BCUT2D eigenvalue weighted by Gasteiger charge is 2.25. The highest BCUT2D eigenvalue weighted by molar-refractivity contribution is 9.10. The minimum absolute atomic E-state index is 0.0177. The van der Waals surface area contributed by atoms with Crippen molar-refractivity contribution in [1.82, 2.24) is 5.32 Å². The molecule has 12 heteroatoms. The van der Waals surface area contributed by atoms with E-state index in [0.29, 0.717) is 25.8 Å². The Bertz CT molecular complexity index is 1440. The van der Waals surface area contributed by atoms with E-state index in [-0.39, 0.29) is 22.2 Å². The van der Waals surface area contributed by atoms with Crippen molar-refractivity contribution in [3.05, 3.63) is 97.9 Å².